The molecular weight excluding hydrogens is 240 g/mol. The molecule has 0 aliphatic carbocycles. The monoisotopic (exact) mass is 262 g/mol. The second-order valence-electron chi connectivity index (χ2n) is 5.16. The van der Waals surface area contributed by atoms with Gasteiger partial charge in [0.05, 0.1) is 0 Å². The summed E-state index contributed by atoms with van der Waals surface area (Å²) in [6.45, 7) is 2.54. The first-order valence-corrected chi connectivity index (χ1v) is 7.00. The van der Waals surface area contributed by atoms with E-state index in [4.69, 9.17) is 0 Å². The van der Waals surface area contributed by atoms with Gasteiger partial charge in [0.1, 0.15) is 5.75 Å². The lowest BCUT2D eigenvalue weighted by Gasteiger charge is -2.22. The lowest BCUT2D eigenvalue weighted by atomic mass is 9.94. The molecule has 1 aromatic carbocycles. The van der Waals surface area contributed by atoms with Crippen molar-refractivity contribution in [2.24, 2.45) is 5.92 Å². The van der Waals surface area contributed by atoms with Gasteiger partial charge >= 0.3 is 0 Å². The minimum Gasteiger partial charge on any atom is -0.508 e. The molecule has 1 aliphatic rings. The fourth-order valence-electron chi connectivity index (χ4n) is 2.45. The fraction of sp³-hybridized carbons (Fsp3) is 0.533. The third-order valence-corrected chi connectivity index (χ3v) is 3.65. The molecule has 19 heavy (non-hydrogen) atoms. The molecule has 4 heteroatoms. The molecule has 1 amide bonds. The van der Waals surface area contributed by atoms with Gasteiger partial charge in [0.25, 0.3) is 0 Å². The predicted octanol–water partition coefficient (Wildman–Crippen LogP) is 1.79. The van der Waals surface area contributed by atoms with E-state index >= 15 is 0 Å². The van der Waals surface area contributed by atoms with Gasteiger partial charge in [0, 0.05) is 18.5 Å². The predicted molar refractivity (Wildman–Crippen MR) is 74.8 cm³/mol. The number of carbonyl (C=O) groups is 1. The average Bonchev–Trinajstić information content (AvgIpc) is 2.45. The number of carbonyl (C=O) groups excluding carboxylic acids is 1. The Balaban J connectivity index is 1.68. The van der Waals surface area contributed by atoms with E-state index in [2.05, 4.69) is 10.6 Å². The Morgan fingerprint density at radius 1 is 1.42 bits per heavy atom. The Labute approximate surface area is 114 Å². The molecule has 2 rings (SSSR count). The Morgan fingerprint density at radius 3 is 3.00 bits per heavy atom. The van der Waals surface area contributed by atoms with E-state index in [0.717, 1.165) is 25.1 Å². The van der Waals surface area contributed by atoms with Crippen LogP contribution in [-0.2, 0) is 11.3 Å². The van der Waals surface area contributed by atoms with Crippen molar-refractivity contribution in [1.82, 2.24) is 10.6 Å². The highest BCUT2D eigenvalue weighted by molar-refractivity contribution is 5.75. The number of phenolic OH excluding ortho intramolecular Hbond substituents is 1. The van der Waals surface area contributed by atoms with E-state index in [1.54, 1.807) is 12.1 Å². The Hall–Kier alpha value is -1.55. The molecule has 3 N–H and O–H groups in total. The maximum absolute atomic E-state index is 11.8. The van der Waals surface area contributed by atoms with Crippen LogP contribution in [0.4, 0.5) is 0 Å². The van der Waals surface area contributed by atoms with Crippen LogP contribution in [0.1, 0.15) is 31.2 Å². The van der Waals surface area contributed by atoms with Crippen molar-refractivity contribution in [3.63, 3.8) is 0 Å². The Morgan fingerprint density at radius 2 is 2.26 bits per heavy atom. The number of hydrogen-bond donors (Lipinski definition) is 3. The van der Waals surface area contributed by atoms with Crippen LogP contribution in [0.2, 0.25) is 0 Å². The van der Waals surface area contributed by atoms with Crippen LogP contribution in [0, 0.1) is 5.92 Å². The Kier molecular flexibility index (Phi) is 5.21. The number of para-hydroxylation sites is 1. The van der Waals surface area contributed by atoms with Gasteiger partial charge in [-0.1, -0.05) is 18.2 Å². The summed E-state index contributed by atoms with van der Waals surface area (Å²) < 4.78 is 0. The van der Waals surface area contributed by atoms with Crippen molar-refractivity contribution >= 4 is 5.91 Å². The molecule has 1 aromatic rings. The third-order valence-electron chi connectivity index (χ3n) is 3.65. The molecule has 1 saturated heterocycles. The number of amides is 1. The fourth-order valence-corrected chi connectivity index (χ4v) is 2.45. The SMILES string of the molecule is O=C(CCC1CCCNC1)NCc1ccccc1O. The van der Waals surface area contributed by atoms with Crippen LogP contribution >= 0.6 is 0 Å². The van der Waals surface area contributed by atoms with Crippen molar-refractivity contribution in [2.75, 3.05) is 13.1 Å². The number of aromatic hydroxyl groups is 1. The Bertz CT molecular complexity index is 414. The number of hydrogen-bond acceptors (Lipinski definition) is 3. The van der Waals surface area contributed by atoms with Crippen molar-refractivity contribution < 1.29 is 9.90 Å². The summed E-state index contributed by atoms with van der Waals surface area (Å²) in [5, 5.41) is 15.8. The summed E-state index contributed by atoms with van der Waals surface area (Å²) in [5.74, 6) is 0.928. The zero-order valence-corrected chi connectivity index (χ0v) is 11.2. The van der Waals surface area contributed by atoms with E-state index in [1.807, 2.05) is 12.1 Å². The highest BCUT2D eigenvalue weighted by Gasteiger charge is 2.14. The molecule has 1 heterocycles. The summed E-state index contributed by atoms with van der Waals surface area (Å²) in [6, 6.07) is 7.08. The van der Waals surface area contributed by atoms with Crippen molar-refractivity contribution in [3.8, 4) is 5.75 Å². The second-order valence-corrected chi connectivity index (χ2v) is 5.16. The lowest BCUT2D eigenvalue weighted by Crippen LogP contribution is -2.31. The van der Waals surface area contributed by atoms with Gasteiger partial charge in [0.2, 0.25) is 5.91 Å². The molecular formula is C15H22N2O2. The van der Waals surface area contributed by atoms with Crippen LogP contribution in [-0.4, -0.2) is 24.1 Å². The molecule has 1 unspecified atom stereocenters. The minimum atomic E-state index is 0.0637. The molecule has 1 atom stereocenters. The number of nitrogens with one attached hydrogen (secondary N) is 2. The van der Waals surface area contributed by atoms with Crippen molar-refractivity contribution in [2.45, 2.75) is 32.2 Å². The van der Waals surface area contributed by atoms with Crippen LogP contribution in [0.25, 0.3) is 0 Å². The zero-order chi connectivity index (χ0) is 13.5. The van der Waals surface area contributed by atoms with Crippen LogP contribution in [0.5, 0.6) is 5.75 Å². The van der Waals surface area contributed by atoms with Gasteiger partial charge in [-0.05, 0) is 44.3 Å². The second kappa shape index (κ2) is 7.14. The smallest absolute Gasteiger partial charge is 0.220 e. The van der Waals surface area contributed by atoms with E-state index < -0.39 is 0 Å². The number of piperidine rings is 1. The summed E-state index contributed by atoms with van der Waals surface area (Å²) >= 11 is 0. The quantitative estimate of drug-likeness (QED) is 0.758. The number of phenols is 1. The summed E-state index contributed by atoms with van der Waals surface area (Å²) in [7, 11) is 0. The molecule has 0 saturated carbocycles. The summed E-state index contributed by atoms with van der Waals surface area (Å²) in [5.41, 5.74) is 0.759. The number of benzene rings is 1. The summed E-state index contributed by atoms with van der Waals surface area (Å²) in [4.78, 5) is 11.8. The van der Waals surface area contributed by atoms with Gasteiger partial charge in [0.15, 0.2) is 0 Å². The topological polar surface area (TPSA) is 61.4 Å². The van der Waals surface area contributed by atoms with Crippen LogP contribution in [0.3, 0.4) is 0 Å². The molecule has 4 nitrogen and oxygen atoms in total. The molecule has 1 aliphatic heterocycles. The molecule has 0 radical (unpaired) electrons. The molecule has 0 spiro atoms. The lowest BCUT2D eigenvalue weighted by molar-refractivity contribution is -0.121. The molecule has 1 fully saturated rings. The average molecular weight is 262 g/mol. The first-order valence-electron chi connectivity index (χ1n) is 7.00. The van der Waals surface area contributed by atoms with Crippen LogP contribution < -0.4 is 10.6 Å². The largest absolute Gasteiger partial charge is 0.508 e. The van der Waals surface area contributed by atoms with Crippen LogP contribution in [0.15, 0.2) is 24.3 Å². The minimum absolute atomic E-state index is 0.0637. The first kappa shape index (κ1) is 13.9. The summed E-state index contributed by atoms with van der Waals surface area (Å²) in [6.07, 6.45) is 3.95. The van der Waals surface area contributed by atoms with E-state index in [9.17, 15) is 9.90 Å². The maximum atomic E-state index is 11.8. The number of rotatable bonds is 5. The van der Waals surface area contributed by atoms with E-state index in [1.165, 1.54) is 12.8 Å². The van der Waals surface area contributed by atoms with Crippen molar-refractivity contribution in [3.05, 3.63) is 29.8 Å². The van der Waals surface area contributed by atoms with Crippen molar-refractivity contribution in [1.29, 1.82) is 0 Å². The van der Waals surface area contributed by atoms with E-state index in [0.29, 0.717) is 18.9 Å². The van der Waals surface area contributed by atoms with E-state index in [-0.39, 0.29) is 11.7 Å². The first-order chi connectivity index (χ1) is 9.25. The molecule has 0 bridgehead atoms. The van der Waals surface area contributed by atoms with Gasteiger partial charge in [-0.2, -0.15) is 0 Å². The van der Waals surface area contributed by atoms with Gasteiger partial charge in [-0.25, -0.2) is 0 Å². The van der Waals surface area contributed by atoms with Gasteiger partial charge < -0.3 is 15.7 Å². The molecule has 104 valence electrons. The maximum Gasteiger partial charge on any atom is 0.220 e. The highest BCUT2D eigenvalue weighted by Crippen LogP contribution is 2.17. The zero-order valence-electron chi connectivity index (χ0n) is 11.2. The highest BCUT2D eigenvalue weighted by atomic mass is 16.3. The third kappa shape index (κ3) is 4.56. The normalized spacial score (nSPS) is 19.1. The standard InChI is InChI=1S/C15H22N2O2/c18-14-6-2-1-5-13(14)11-17-15(19)8-7-12-4-3-9-16-10-12/h1-2,5-6,12,16,18H,3-4,7-11H2,(H,17,19). The molecule has 0 aromatic heterocycles. The van der Waals surface area contributed by atoms with Gasteiger partial charge in [-0.3, -0.25) is 4.79 Å². The van der Waals surface area contributed by atoms with Gasteiger partial charge in [-0.15, -0.1) is 0 Å².